The molecule has 4 rings (SSSR count). The van der Waals surface area contributed by atoms with E-state index in [1.807, 2.05) is 76.2 Å². The molecule has 10 heteroatoms. The van der Waals surface area contributed by atoms with Gasteiger partial charge in [0.1, 0.15) is 17.2 Å². The smallest absolute Gasteiger partial charge is 0.411 e. The summed E-state index contributed by atoms with van der Waals surface area (Å²) in [4.78, 5) is 46.7. The predicted molar refractivity (Wildman–Crippen MR) is 174 cm³/mol. The number of hydrogen-bond donors (Lipinski definition) is 1. The second-order valence-corrected chi connectivity index (χ2v) is 14.2. The van der Waals surface area contributed by atoms with Gasteiger partial charge in [0.2, 0.25) is 5.91 Å². The van der Waals surface area contributed by atoms with Crippen LogP contribution in [-0.4, -0.2) is 101 Å². The van der Waals surface area contributed by atoms with E-state index in [1.165, 1.54) is 4.90 Å². The summed E-state index contributed by atoms with van der Waals surface area (Å²) in [6.45, 7) is 16.4. The fourth-order valence-corrected chi connectivity index (χ4v) is 5.77. The minimum Gasteiger partial charge on any atom is -0.444 e. The highest BCUT2D eigenvalue weighted by Crippen LogP contribution is 2.27. The first-order valence-electron chi connectivity index (χ1n) is 15.9. The van der Waals surface area contributed by atoms with Crippen molar-refractivity contribution < 1.29 is 29.0 Å². The van der Waals surface area contributed by atoms with Crippen molar-refractivity contribution in [3.8, 4) is 0 Å². The van der Waals surface area contributed by atoms with E-state index >= 15 is 0 Å². The first-order chi connectivity index (χ1) is 21.1. The zero-order valence-corrected chi connectivity index (χ0v) is 27.9. The number of nitrogens with zero attached hydrogens (tertiary/aromatic N) is 4. The summed E-state index contributed by atoms with van der Waals surface area (Å²) in [7, 11) is 0. The molecule has 0 bridgehead atoms. The van der Waals surface area contributed by atoms with Gasteiger partial charge in [0.25, 0.3) is 0 Å². The molecular weight excluding hydrogens is 572 g/mol. The van der Waals surface area contributed by atoms with E-state index in [0.29, 0.717) is 45.7 Å². The third-order valence-corrected chi connectivity index (χ3v) is 8.03. The Bertz CT molecular complexity index is 1310. The second kappa shape index (κ2) is 14.1. The number of ether oxygens (including phenoxy) is 2. The Morgan fingerprint density at radius 1 is 0.822 bits per heavy atom. The van der Waals surface area contributed by atoms with Gasteiger partial charge in [0, 0.05) is 51.5 Å². The van der Waals surface area contributed by atoms with Gasteiger partial charge in [-0.15, -0.1) is 0 Å². The third kappa shape index (κ3) is 9.36. The lowest BCUT2D eigenvalue weighted by Crippen LogP contribution is -2.64. The van der Waals surface area contributed by atoms with Crippen LogP contribution in [-0.2, 0) is 27.2 Å². The summed E-state index contributed by atoms with van der Waals surface area (Å²) in [6.07, 6.45) is -1.49. The van der Waals surface area contributed by atoms with Gasteiger partial charge in [-0.2, -0.15) is 0 Å². The van der Waals surface area contributed by atoms with Crippen molar-refractivity contribution in [2.24, 2.45) is 5.92 Å². The van der Waals surface area contributed by atoms with Crippen molar-refractivity contribution in [1.82, 2.24) is 14.7 Å². The number of aliphatic hydroxyl groups is 1. The number of aliphatic hydroxyl groups excluding tert-OH is 1. The van der Waals surface area contributed by atoms with Crippen LogP contribution in [0.3, 0.4) is 0 Å². The lowest BCUT2D eigenvalue weighted by atomic mass is 9.89. The van der Waals surface area contributed by atoms with Crippen LogP contribution < -0.4 is 4.90 Å². The van der Waals surface area contributed by atoms with Gasteiger partial charge in [-0.25, -0.2) is 9.59 Å². The third-order valence-electron chi connectivity index (χ3n) is 8.03. The molecule has 2 fully saturated rings. The first kappa shape index (κ1) is 34.1. The Morgan fingerprint density at radius 3 is 2.04 bits per heavy atom. The van der Waals surface area contributed by atoms with Crippen molar-refractivity contribution >= 4 is 23.8 Å². The first-order valence-corrected chi connectivity index (χ1v) is 15.9. The molecular formula is C35H50N4O6. The van der Waals surface area contributed by atoms with E-state index in [9.17, 15) is 19.5 Å². The Kier molecular flexibility index (Phi) is 10.7. The molecule has 3 atom stereocenters. The van der Waals surface area contributed by atoms with E-state index in [0.717, 1.165) is 16.8 Å². The number of rotatable bonds is 7. The fourth-order valence-electron chi connectivity index (χ4n) is 5.77. The molecule has 0 spiro atoms. The highest BCUT2D eigenvalue weighted by molar-refractivity contribution is 5.87. The summed E-state index contributed by atoms with van der Waals surface area (Å²) >= 11 is 0. The monoisotopic (exact) mass is 622 g/mol. The molecule has 0 unspecified atom stereocenters. The van der Waals surface area contributed by atoms with Gasteiger partial charge in [-0.3, -0.25) is 9.69 Å². The van der Waals surface area contributed by atoms with Crippen LogP contribution in [0.1, 0.15) is 59.6 Å². The molecule has 246 valence electrons. The number of carbonyl (C=O) groups is 3. The molecule has 2 aromatic rings. The second-order valence-electron chi connectivity index (χ2n) is 14.2. The van der Waals surface area contributed by atoms with Gasteiger partial charge in [-0.05, 0) is 77.1 Å². The summed E-state index contributed by atoms with van der Waals surface area (Å²) in [5.74, 6) is -0.619. The number of anilines is 1. The summed E-state index contributed by atoms with van der Waals surface area (Å²) in [5, 5.41) is 11.7. The molecule has 2 saturated heterocycles. The van der Waals surface area contributed by atoms with Crippen LogP contribution in [0, 0.1) is 5.92 Å². The number of benzene rings is 2. The van der Waals surface area contributed by atoms with Gasteiger partial charge in [0.15, 0.2) is 0 Å². The highest BCUT2D eigenvalue weighted by atomic mass is 16.6. The summed E-state index contributed by atoms with van der Waals surface area (Å²) in [5.41, 5.74) is 1.77. The molecule has 10 nitrogen and oxygen atoms in total. The Labute approximate surface area is 267 Å². The molecule has 2 aliphatic rings. The van der Waals surface area contributed by atoms with Gasteiger partial charge in [0.05, 0.1) is 6.10 Å². The molecule has 1 N–H and O–H groups in total. The Balaban J connectivity index is 1.45. The maximum absolute atomic E-state index is 13.9. The van der Waals surface area contributed by atoms with E-state index in [-0.39, 0.29) is 24.5 Å². The zero-order chi connectivity index (χ0) is 32.9. The van der Waals surface area contributed by atoms with Gasteiger partial charge >= 0.3 is 12.2 Å². The summed E-state index contributed by atoms with van der Waals surface area (Å²) < 4.78 is 11.2. The summed E-state index contributed by atoms with van der Waals surface area (Å²) in [6, 6.07) is 16.8. The molecule has 45 heavy (non-hydrogen) atoms. The van der Waals surface area contributed by atoms with Crippen molar-refractivity contribution in [1.29, 1.82) is 0 Å². The van der Waals surface area contributed by atoms with Crippen molar-refractivity contribution in [2.75, 3.05) is 44.2 Å². The van der Waals surface area contributed by atoms with Crippen LogP contribution in [0.2, 0.25) is 0 Å². The Hall–Kier alpha value is -3.79. The van der Waals surface area contributed by atoms with Crippen molar-refractivity contribution in [3.63, 3.8) is 0 Å². The molecule has 3 amide bonds. The highest BCUT2D eigenvalue weighted by Gasteiger charge is 2.45. The molecule has 2 aliphatic heterocycles. The molecule has 2 heterocycles. The quantitative estimate of drug-likeness (QED) is 0.467. The zero-order valence-electron chi connectivity index (χ0n) is 27.9. The Morgan fingerprint density at radius 2 is 1.42 bits per heavy atom. The molecule has 0 aliphatic carbocycles. The van der Waals surface area contributed by atoms with Gasteiger partial charge in [-0.1, -0.05) is 49.4 Å². The van der Waals surface area contributed by atoms with Crippen LogP contribution >= 0.6 is 0 Å². The lowest BCUT2D eigenvalue weighted by molar-refractivity contribution is -0.149. The molecule has 0 aromatic heterocycles. The van der Waals surface area contributed by atoms with Crippen molar-refractivity contribution in [2.45, 2.75) is 84.8 Å². The molecule has 0 saturated carbocycles. The largest absolute Gasteiger partial charge is 0.444 e. The van der Waals surface area contributed by atoms with Crippen molar-refractivity contribution in [3.05, 3.63) is 65.7 Å². The number of piperazine rings is 2. The molecule has 0 radical (unpaired) electrons. The molecule has 2 aromatic carbocycles. The predicted octanol–water partition coefficient (Wildman–Crippen LogP) is 4.93. The average molecular weight is 623 g/mol. The topological polar surface area (TPSA) is 103 Å². The van der Waals surface area contributed by atoms with E-state index in [4.69, 9.17) is 9.47 Å². The van der Waals surface area contributed by atoms with Crippen LogP contribution in [0.25, 0.3) is 0 Å². The standard InChI is InChI=1S/C35H50N4O6/c1-25(22-27-14-11-15-28(23-27)36-16-18-37(19-17-36)32(42)44-34(2,3)4)30(40)29-31(41)38(24-26-12-9-8-10-13-26)20-21-39(29)33(43)45-35(5,6)7/h8-15,23,25,29-30,40H,16-22,24H2,1-7H3/t25-,29-,30-/m0/s1. The van der Waals surface area contributed by atoms with Crippen LogP contribution in [0.5, 0.6) is 0 Å². The fraction of sp³-hybridized carbons (Fsp3) is 0.571. The minimum atomic E-state index is -1.11. The van der Waals surface area contributed by atoms with Crippen LogP contribution in [0.15, 0.2) is 54.6 Å². The van der Waals surface area contributed by atoms with Gasteiger partial charge < -0.3 is 29.3 Å². The number of carbonyl (C=O) groups excluding carboxylic acids is 3. The average Bonchev–Trinajstić information content (AvgIpc) is 2.96. The maximum atomic E-state index is 13.9. The van der Waals surface area contributed by atoms with E-state index in [2.05, 4.69) is 11.0 Å². The van der Waals surface area contributed by atoms with E-state index < -0.39 is 29.4 Å². The normalized spacial score (nSPS) is 19.3. The SMILES string of the molecule is C[C@@H](Cc1cccc(N2CCN(C(=O)OC(C)(C)C)CC2)c1)[C@H](O)[C@H]1C(=O)N(Cc2ccccc2)CCN1C(=O)OC(C)(C)C. The number of hydrogen-bond acceptors (Lipinski definition) is 7. The lowest BCUT2D eigenvalue weighted by Gasteiger charge is -2.43. The van der Waals surface area contributed by atoms with E-state index in [1.54, 1.807) is 30.6 Å². The number of amides is 3. The minimum absolute atomic E-state index is 0.271. The maximum Gasteiger partial charge on any atom is 0.411 e. The van der Waals surface area contributed by atoms with Crippen LogP contribution in [0.4, 0.5) is 15.3 Å².